The molecule has 8 nitrogen and oxygen atoms in total. The highest BCUT2D eigenvalue weighted by atomic mass is 35.5. The first kappa shape index (κ1) is 28.7. The van der Waals surface area contributed by atoms with Crippen LogP contribution in [0.15, 0.2) is 48.7 Å². The highest BCUT2D eigenvalue weighted by Crippen LogP contribution is 2.20. The van der Waals surface area contributed by atoms with Gasteiger partial charge in [-0.25, -0.2) is 31.7 Å². The second kappa shape index (κ2) is 13.6. The molecule has 2 aromatic carbocycles. The number of fused-ring (bicyclic) bond motifs is 1. The molecule has 3 aromatic rings. The van der Waals surface area contributed by atoms with Crippen molar-refractivity contribution < 1.29 is 26.7 Å². The number of anilines is 1. The van der Waals surface area contributed by atoms with Crippen LogP contribution < -0.4 is 15.4 Å². The summed E-state index contributed by atoms with van der Waals surface area (Å²) in [5.74, 6) is -0.701. The molecule has 0 aliphatic rings. The Morgan fingerprint density at radius 3 is 2.76 bits per heavy atom. The first-order valence-corrected chi connectivity index (χ1v) is 13.8. The van der Waals surface area contributed by atoms with Gasteiger partial charge in [-0.05, 0) is 60.5 Å². The summed E-state index contributed by atoms with van der Waals surface area (Å²) >= 11 is 6.03. The Hall–Kier alpha value is -2.86. The lowest BCUT2D eigenvalue weighted by Gasteiger charge is -2.20. The van der Waals surface area contributed by atoms with E-state index < -0.39 is 27.8 Å². The van der Waals surface area contributed by atoms with Gasteiger partial charge in [-0.2, -0.15) is 0 Å². The van der Waals surface area contributed by atoms with E-state index >= 15 is 0 Å². The fourth-order valence-electron chi connectivity index (χ4n) is 3.60. The zero-order valence-electron chi connectivity index (χ0n) is 20.3. The highest BCUT2D eigenvalue weighted by molar-refractivity contribution is 7.89. The van der Waals surface area contributed by atoms with Crippen molar-refractivity contribution >= 4 is 44.3 Å². The quantitative estimate of drug-likeness (QED) is 0.257. The molecule has 0 radical (unpaired) electrons. The first-order valence-electron chi connectivity index (χ1n) is 11.8. The summed E-state index contributed by atoms with van der Waals surface area (Å²) in [6.07, 6.45) is 2.19. The average Bonchev–Trinajstić information content (AvgIpc) is 2.85. The van der Waals surface area contributed by atoms with Gasteiger partial charge < -0.3 is 10.1 Å². The molecule has 12 heteroatoms. The molecule has 1 heterocycles. The van der Waals surface area contributed by atoms with Gasteiger partial charge in [0.25, 0.3) is 0 Å². The van der Waals surface area contributed by atoms with Gasteiger partial charge in [-0.15, -0.1) is 0 Å². The monoisotopic (exact) mass is 554 g/mol. The van der Waals surface area contributed by atoms with Crippen LogP contribution in [-0.4, -0.2) is 44.4 Å². The van der Waals surface area contributed by atoms with Crippen LogP contribution in [0.1, 0.15) is 31.7 Å². The molecule has 1 aromatic heterocycles. The molecule has 1 amide bonds. The molecule has 0 aliphatic heterocycles. The number of hydrogen-bond acceptors (Lipinski definition) is 6. The molecule has 1 atom stereocenters. The van der Waals surface area contributed by atoms with Crippen LogP contribution in [0.4, 0.5) is 19.4 Å². The highest BCUT2D eigenvalue weighted by Gasteiger charge is 2.15. The third-order valence-corrected chi connectivity index (χ3v) is 7.48. The van der Waals surface area contributed by atoms with Crippen molar-refractivity contribution in [1.82, 2.24) is 15.0 Å². The summed E-state index contributed by atoms with van der Waals surface area (Å²) in [6, 6.07) is 9.88. The van der Waals surface area contributed by atoms with Gasteiger partial charge >= 0.3 is 6.09 Å². The maximum Gasteiger partial charge on any atom is 0.412 e. The summed E-state index contributed by atoms with van der Waals surface area (Å²) in [5, 5.41) is 6.99. The minimum Gasteiger partial charge on any atom is -0.448 e. The van der Waals surface area contributed by atoms with E-state index in [2.05, 4.69) is 20.3 Å². The number of benzene rings is 2. The smallest absolute Gasteiger partial charge is 0.412 e. The zero-order chi connectivity index (χ0) is 26.8. The molecule has 0 fully saturated rings. The minimum atomic E-state index is -3.33. The number of amides is 1. The van der Waals surface area contributed by atoms with E-state index in [1.54, 1.807) is 25.1 Å². The maximum atomic E-state index is 13.8. The zero-order valence-corrected chi connectivity index (χ0v) is 21.8. The predicted octanol–water partition coefficient (Wildman–Crippen LogP) is 4.98. The second-order valence-electron chi connectivity index (χ2n) is 8.43. The number of carbonyl (C=O) groups is 1. The molecule has 0 saturated carbocycles. The lowest BCUT2D eigenvalue weighted by Crippen LogP contribution is -2.36. The number of sulfonamides is 1. The number of rotatable bonds is 13. The Balaban J connectivity index is 1.58. The SMILES string of the molecule is CCCS(=O)(=O)NCCC[C@@H](COC(=O)Nc1cc2cc(F)ccc2cn1)NCc1cccc(F)c1Cl. The summed E-state index contributed by atoms with van der Waals surface area (Å²) in [4.78, 5) is 16.5. The Morgan fingerprint density at radius 1 is 1.16 bits per heavy atom. The van der Waals surface area contributed by atoms with Crippen molar-refractivity contribution in [3.8, 4) is 0 Å². The first-order chi connectivity index (χ1) is 17.7. The van der Waals surface area contributed by atoms with E-state index in [9.17, 15) is 22.0 Å². The molecule has 200 valence electrons. The number of hydrogen-bond donors (Lipinski definition) is 3. The van der Waals surface area contributed by atoms with Gasteiger partial charge in [0.2, 0.25) is 10.0 Å². The van der Waals surface area contributed by atoms with E-state index in [1.807, 2.05) is 0 Å². The van der Waals surface area contributed by atoms with Crippen LogP contribution in [0.2, 0.25) is 5.02 Å². The van der Waals surface area contributed by atoms with Crippen molar-refractivity contribution in [2.24, 2.45) is 0 Å². The second-order valence-corrected chi connectivity index (χ2v) is 10.7. The minimum absolute atomic E-state index is 0.00134. The standard InChI is InChI=1S/C25H29ClF2N4O4S/c1-2-11-37(34,35)31-10-4-6-21(29-15-18-5-3-7-22(28)24(18)26)16-36-25(33)32-23-13-19-12-20(27)9-8-17(19)14-30-23/h3,5,7-9,12-14,21,29,31H,2,4,6,10-11,15-16H2,1H3,(H,30,32,33)/t21-/m0/s1. The number of carbonyl (C=O) groups excluding carboxylic acids is 1. The summed E-state index contributed by atoms with van der Waals surface area (Å²) in [5.41, 5.74) is 0.535. The van der Waals surface area contributed by atoms with Crippen molar-refractivity contribution in [2.45, 2.75) is 38.8 Å². The number of ether oxygens (including phenoxy) is 1. The Labute approximate surface area is 219 Å². The van der Waals surface area contributed by atoms with Crippen molar-refractivity contribution in [1.29, 1.82) is 0 Å². The van der Waals surface area contributed by atoms with Crippen LogP contribution in [-0.2, 0) is 21.3 Å². The summed E-state index contributed by atoms with van der Waals surface area (Å²) < 4.78 is 58.9. The van der Waals surface area contributed by atoms with E-state index in [4.69, 9.17) is 16.3 Å². The molecule has 3 rings (SSSR count). The van der Waals surface area contributed by atoms with Gasteiger partial charge in [0, 0.05) is 30.7 Å². The largest absolute Gasteiger partial charge is 0.448 e. The van der Waals surface area contributed by atoms with Gasteiger partial charge in [0.15, 0.2) is 0 Å². The topological polar surface area (TPSA) is 109 Å². The summed E-state index contributed by atoms with van der Waals surface area (Å²) in [7, 11) is -3.33. The van der Waals surface area contributed by atoms with E-state index in [0.29, 0.717) is 30.2 Å². The lowest BCUT2D eigenvalue weighted by atomic mass is 10.1. The molecule has 37 heavy (non-hydrogen) atoms. The van der Waals surface area contributed by atoms with Gasteiger partial charge in [0.1, 0.15) is 24.1 Å². The van der Waals surface area contributed by atoms with Crippen molar-refractivity contribution in [3.63, 3.8) is 0 Å². The molecule has 0 bridgehead atoms. The Bertz CT molecular complexity index is 1330. The molecule has 0 unspecified atom stereocenters. The van der Waals surface area contributed by atoms with Crippen LogP contribution >= 0.6 is 11.6 Å². The molecular weight excluding hydrogens is 526 g/mol. The third-order valence-electron chi connectivity index (χ3n) is 5.47. The van der Waals surface area contributed by atoms with E-state index in [-0.39, 0.29) is 42.3 Å². The van der Waals surface area contributed by atoms with Gasteiger partial charge in [-0.3, -0.25) is 5.32 Å². The normalized spacial score (nSPS) is 12.4. The van der Waals surface area contributed by atoms with E-state index in [0.717, 1.165) is 5.39 Å². The third kappa shape index (κ3) is 9.19. The fourth-order valence-corrected chi connectivity index (χ4v) is 4.93. The van der Waals surface area contributed by atoms with Crippen LogP contribution in [0.5, 0.6) is 0 Å². The Kier molecular flexibility index (Phi) is 10.6. The summed E-state index contributed by atoms with van der Waals surface area (Å²) in [6.45, 7) is 2.17. The fraction of sp³-hybridized carbons (Fsp3) is 0.360. The average molecular weight is 555 g/mol. The number of nitrogens with one attached hydrogen (secondary N) is 3. The van der Waals surface area contributed by atoms with Crippen LogP contribution in [0.3, 0.4) is 0 Å². The molecule has 0 aliphatic carbocycles. The number of pyridine rings is 1. The predicted molar refractivity (Wildman–Crippen MR) is 140 cm³/mol. The molecule has 3 N–H and O–H groups in total. The maximum absolute atomic E-state index is 13.8. The Morgan fingerprint density at radius 2 is 1.97 bits per heavy atom. The molecule has 0 saturated heterocycles. The number of halogens is 3. The number of aromatic nitrogens is 1. The van der Waals surface area contributed by atoms with Crippen LogP contribution in [0.25, 0.3) is 10.8 Å². The van der Waals surface area contributed by atoms with Gasteiger partial charge in [-0.1, -0.05) is 30.7 Å². The molecular formula is C25H29ClF2N4O4S. The number of nitrogens with zero attached hydrogens (tertiary/aromatic N) is 1. The lowest BCUT2D eigenvalue weighted by molar-refractivity contribution is 0.145. The molecule has 0 spiro atoms. The van der Waals surface area contributed by atoms with Crippen LogP contribution in [0, 0.1) is 11.6 Å². The van der Waals surface area contributed by atoms with E-state index in [1.165, 1.54) is 30.5 Å². The van der Waals surface area contributed by atoms with Gasteiger partial charge in [0.05, 0.1) is 10.8 Å². The van der Waals surface area contributed by atoms with Crippen molar-refractivity contribution in [2.75, 3.05) is 24.2 Å². The van der Waals surface area contributed by atoms with Crippen molar-refractivity contribution in [3.05, 3.63) is 70.9 Å².